The maximum Gasteiger partial charge on any atom is 0.115 e. The monoisotopic (exact) mass is 274 g/mol. The molecular weight excluding hydrogens is 244 g/mol. The van der Waals surface area contributed by atoms with Gasteiger partial charge in [-0.25, -0.2) is 0 Å². The summed E-state index contributed by atoms with van der Waals surface area (Å²) in [5, 5.41) is 0. The normalized spacial score (nSPS) is 31.9. The fourth-order valence-corrected chi connectivity index (χ4v) is 2.46. The highest BCUT2D eigenvalue weighted by Crippen LogP contribution is 2.31. The first kappa shape index (κ1) is 16.9. The van der Waals surface area contributed by atoms with Crippen LogP contribution in [-0.4, -0.2) is 50.3 Å². The van der Waals surface area contributed by atoms with Crippen LogP contribution in [0.3, 0.4) is 0 Å². The molecule has 1 aliphatic heterocycles. The molecule has 4 atom stereocenters. The predicted octanol–water partition coefficient (Wildman–Crippen LogP) is 2.64. The number of ether oxygens (including phenoxy) is 4. The zero-order valence-corrected chi connectivity index (χ0v) is 13.4. The molecule has 0 bridgehead atoms. The molecule has 1 aliphatic rings. The third kappa shape index (κ3) is 4.71. The second kappa shape index (κ2) is 7.58. The lowest BCUT2D eigenvalue weighted by Gasteiger charge is -2.26. The van der Waals surface area contributed by atoms with Crippen molar-refractivity contribution in [2.24, 2.45) is 5.92 Å². The van der Waals surface area contributed by atoms with Crippen LogP contribution in [-0.2, 0) is 18.9 Å². The maximum absolute atomic E-state index is 6.12. The molecule has 0 saturated carbocycles. The van der Waals surface area contributed by atoms with Gasteiger partial charge in [-0.15, -0.1) is 0 Å². The molecule has 1 rings (SSSR count). The van der Waals surface area contributed by atoms with E-state index in [2.05, 4.69) is 13.8 Å². The Morgan fingerprint density at radius 1 is 0.947 bits per heavy atom. The van der Waals surface area contributed by atoms with E-state index in [1.807, 2.05) is 27.7 Å². The van der Waals surface area contributed by atoms with E-state index in [0.717, 1.165) is 0 Å². The lowest BCUT2D eigenvalue weighted by Crippen LogP contribution is -2.41. The quantitative estimate of drug-likeness (QED) is 0.715. The van der Waals surface area contributed by atoms with Crippen molar-refractivity contribution in [2.75, 3.05) is 13.7 Å². The van der Waals surface area contributed by atoms with Gasteiger partial charge in [0.15, 0.2) is 0 Å². The fourth-order valence-electron chi connectivity index (χ4n) is 2.46. The Kier molecular flexibility index (Phi) is 6.74. The summed E-state index contributed by atoms with van der Waals surface area (Å²) in [6.45, 7) is 13.0. The van der Waals surface area contributed by atoms with E-state index >= 15 is 0 Å². The summed E-state index contributed by atoms with van der Waals surface area (Å²) in [5.74, 6) is 0.396. The Morgan fingerprint density at radius 2 is 1.58 bits per heavy atom. The molecule has 114 valence electrons. The average Bonchev–Trinajstić information content (AvgIpc) is 2.63. The smallest absolute Gasteiger partial charge is 0.115 e. The minimum absolute atomic E-state index is 0.0248. The van der Waals surface area contributed by atoms with E-state index in [9.17, 15) is 0 Å². The minimum Gasteiger partial charge on any atom is -0.376 e. The number of hydrogen-bond acceptors (Lipinski definition) is 4. The standard InChI is InChI=1S/C15H30O4/c1-9(2)13-15(16-7)14(18-11(5)6)12(19-13)8-17-10(3)4/h9-15H,8H2,1-7H3/t12-,13+,14?,15-/m1/s1. The molecule has 4 nitrogen and oxygen atoms in total. The van der Waals surface area contributed by atoms with Gasteiger partial charge in [-0.2, -0.15) is 0 Å². The molecule has 0 N–H and O–H groups in total. The molecule has 1 heterocycles. The molecule has 0 spiro atoms. The molecule has 0 aliphatic carbocycles. The molecule has 0 radical (unpaired) electrons. The molecule has 0 aromatic carbocycles. The van der Waals surface area contributed by atoms with Crippen molar-refractivity contribution in [3.8, 4) is 0 Å². The molecule has 0 amide bonds. The van der Waals surface area contributed by atoms with Crippen LogP contribution in [0.2, 0.25) is 0 Å². The highest BCUT2D eigenvalue weighted by atomic mass is 16.6. The molecule has 0 aromatic heterocycles. The summed E-state index contributed by atoms with van der Waals surface area (Å²) in [5.41, 5.74) is 0. The Labute approximate surface area is 117 Å². The van der Waals surface area contributed by atoms with Crippen LogP contribution in [0.1, 0.15) is 41.5 Å². The Balaban J connectivity index is 2.75. The fraction of sp³-hybridized carbons (Fsp3) is 1.00. The van der Waals surface area contributed by atoms with Crippen LogP contribution in [0.5, 0.6) is 0 Å². The van der Waals surface area contributed by atoms with Gasteiger partial charge in [0.1, 0.15) is 18.3 Å². The van der Waals surface area contributed by atoms with Gasteiger partial charge in [-0.3, -0.25) is 0 Å². The molecule has 19 heavy (non-hydrogen) atoms. The third-order valence-corrected chi connectivity index (χ3v) is 3.30. The van der Waals surface area contributed by atoms with E-state index in [4.69, 9.17) is 18.9 Å². The van der Waals surface area contributed by atoms with Crippen molar-refractivity contribution in [3.05, 3.63) is 0 Å². The molecule has 1 saturated heterocycles. The van der Waals surface area contributed by atoms with Crippen LogP contribution >= 0.6 is 0 Å². The van der Waals surface area contributed by atoms with Crippen LogP contribution in [0.15, 0.2) is 0 Å². The van der Waals surface area contributed by atoms with Gasteiger partial charge >= 0.3 is 0 Å². The summed E-state index contributed by atoms with van der Waals surface area (Å²) in [4.78, 5) is 0. The van der Waals surface area contributed by atoms with Crippen molar-refractivity contribution >= 4 is 0 Å². The largest absolute Gasteiger partial charge is 0.376 e. The van der Waals surface area contributed by atoms with Crippen molar-refractivity contribution in [2.45, 2.75) is 78.2 Å². The summed E-state index contributed by atoms with van der Waals surface area (Å²) in [6, 6.07) is 0. The molecule has 0 aromatic rings. The predicted molar refractivity (Wildman–Crippen MR) is 75.4 cm³/mol. The van der Waals surface area contributed by atoms with Crippen LogP contribution < -0.4 is 0 Å². The summed E-state index contributed by atoms with van der Waals surface area (Å²) in [7, 11) is 1.73. The topological polar surface area (TPSA) is 36.9 Å². The van der Waals surface area contributed by atoms with E-state index in [1.54, 1.807) is 7.11 Å². The Bertz CT molecular complexity index is 253. The van der Waals surface area contributed by atoms with Gasteiger partial charge in [0.25, 0.3) is 0 Å². The van der Waals surface area contributed by atoms with Crippen LogP contribution in [0.4, 0.5) is 0 Å². The van der Waals surface area contributed by atoms with Gasteiger partial charge in [-0.05, 0) is 33.6 Å². The average molecular weight is 274 g/mol. The van der Waals surface area contributed by atoms with Crippen LogP contribution in [0, 0.1) is 5.92 Å². The highest BCUT2D eigenvalue weighted by molar-refractivity contribution is 4.94. The second-order valence-corrected chi connectivity index (χ2v) is 6.12. The van der Waals surface area contributed by atoms with Crippen molar-refractivity contribution < 1.29 is 18.9 Å². The van der Waals surface area contributed by atoms with Gasteiger partial charge in [0, 0.05) is 7.11 Å². The summed E-state index contributed by atoms with van der Waals surface area (Å²) >= 11 is 0. The van der Waals surface area contributed by atoms with Crippen molar-refractivity contribution in [1.29, 1.82) is 0 Å². The van der Waals surface area contributed by atoms with E-state index < -0.39 is 0 Å². The minimum atomic E-state index is -0.0591. The van der Waals surface area contributed by atoms with Crippen LogP contribution in [0.25, 0.3) is 0 Å². The van der Waals surface area contributed by atoms with E-state index in [-0.39, 0.29) is 36.6 Å². The van der Waals surface area contributed by atoms with Crippen molar-refractivity contribution in [1.82, 2.24) is 0 Å². The Hall–Kier alpha value is -0.160. The third-order valence-electron chi connectivity index (χ3n) is 3.30. The zero-order valence-electron chi connectivity index (χ0n) is 13.4. The van der Waals surface area contributed by atoms with E-state index in [0.29, 0.717) is 12.5 Å². The second-order valence-electron chi connectivity index (χ2n) is 6.12. The SMILES string of the molecule is CO[C@H]1C(OC(C)C)[C@@H](COC(C)C)O[C@H]1C(C)C. The lowest BCUT2D eigenvalue weighted by atomic mass is 9.99. The first-order chi connectivity index (χ1) is 8.86. The number of rotatable bonds is 7. The van der Waals surface area contributed by atoms with Gasteiger partial charge in [0.05, 0.1) is 24.9 Å². The molecular formula is C15H30O4. The first-order valence-corrected chi connectivity index (χ1v) is 7.32. The zero-order chi connectivity index (χ0) is 14.6. The molecule has 1 fully saturated rings. The first-order valence-electron chi connectivity index (χ1n) is 7.32. The maximum atomic E-state index is 6.12. The number of methoxy groups -OCH3 is 1. The van der Waals surface area contributed by atoms with Crippen molar-refractivity contribution in [3.63, 3.8) is 0 Å². The van der Waals surface area contributed by atoms with Gasteiger partial charge in [-0.1, -0.05) is 13.8 Å². The van der Waals surface area contributed by atoms with E-state index in [1.165, 1.54) is 0 Å². The summed E-state index contributed by atoms with van der Waals surface area (Å²) < 4.78 is 23.5. The van der Waals surface area contributed by atoms with Gasteiger partial charge in [0.2, 0.25) is 0 Å². The lowest BCUT2D eigenvalue weighted by molar-refractivity contribution is -0.0984. The summed E-state index contributed by atoms with van der Waals surface area (Å²) in [6.07, 6.45) is 0.275. The highest BCUT2D eigenvalue weighted by Gasteiger charge is 2.47. The molecule has 4 heteroatoms. The number of hydrogen-bond donors (Lipinski definition) is 0. The van der Waals surface area contributed by atoms with Gasteiger partial charge < -0.3 is 18.9 Å². The molecule has 1 unspecified atom stereocenters. The Morgan fingerprint density at radius 3 is 2.00 bits per heavy atom.